The largest absolute Gasteiger partial charge is 0.462 e. The zero-order valence-electron chi connectivity index (χ0n) is 9.88. The van der Waals surface area contributed by atoms with Crippen LogP contribution in [0.2, 0.25) is 0 Å². The van der Waals surface area contributed by atoms with Crippen LogP contribution in [0.1, 0.15) is 29.3 Å². The van der Waals surface area contributed by atoms with Crippen LogP contribution in [0.25, 0.3) is 0 Å². The second kappa shape index (κ2) is 5.75. The van der Waals surface area contributed by atoms with Crippen molar-refractivity contribution in [2.75, 3.05) is 12.3 Å². The van der Waals surface area contributed by atoms with Gasteiger partial charge in [0.05, 0.1) is 18.6 Å². The van der Waals surface area contributed by atoms with E-state index in [0.29, 0.717) is 6.42 Å². The summed E-state index contributed by atoms with van der Waals surface area (Å²) < 4.78 is 42.0. The summed E-state index contributed by atoms with van der Waals surface area (Å²) in [7, 11) is 0. The number of hydrogen-bond donors (Lipinski definition) is 1. The van der Waals surface area contributed by atoms with Crippen LogP contribution in [0.5, 0.6) is 0 Å². The van der Waals surface area contributed by atoms with E-state index >= 15 is 0 Å². The van der Waals surface area contributed by atoms with E-state index in [1.165, 1.54) is 18.2 Å². The third kappa shape index (κ3) is 3.94. The first kappa shape index (κ1) is 14.3. The van der Waals surface area contributed by atoms with E-state index in [1.54, 1.807) is 6.92 Å². The molecule has 0 aliphatic rings. The van der Waals surface area contributed by atoms with Gasteiger partial charge in [0.1, 0.15) is 0 Å². The Balaban J connectivity index is 3.04. The van der Waals surface area contributed by atoms with Gasteiger partial charge in [0.2, 0.25) is 0 Å². The van der Waals surface area contributed by atoms with Gasteiger partial charge in [-0.25, -0.2) is 4.79 Å². The Bertz CT molecular complexity index is 430. The molecule has 0 aromatic heterocycles. The van der Waals surface area contributed by atoms with Crippen LogP contribution in [0.3, 0.4) is 0 Å². The monoisotopic (exact) mass is 261 g/mol. The van der Waals surface area contributed by atoms with Crippen molar-refractivity contribution >= 4 is 11.7 Å². The molecule has 0 bridgehead atoms. The maximum atomic E-state index is 12.4. The van der Waals surface area contributed by atoms with Crippen LogP contribution in [-0.2, 0) is 11.2 Å². The van der Waals surface area contributed by atoms with E-state index in [0.717, 1.165) is 0 Å². The molecule has 0 amide bonds. The van der Waals surface area contributed by atoms with Gasteiger partial charge in [0.25, 0.3) is 0 Å². The molecule has 3 nitrogen and oxygen atoms in total. The van der Waals surface area contributed by atoms with Crippen LogP contribution < -0.4 is 5.73 Å². The van der Waals surface area contributed by atoms with Crippen molar-refractivity contribution in [3.63, 3.8) is 0 Å². The minimum absolute atomic E-state index is 0.00199. The molecule has 0 radical (unpaired) electrons. The van der Waals surface area contributed by atoms with Crippen molar-refractivity contribution in [1.82, 2.24) is 0 Å². The molecule has 0 saturated heterocycles. The Labute approximate surface area is 103 Å². The summed E-state index contributed by atoms with van der Waals surface area (Å²) in [4.78, 5) is 11.7. The molecule has 0 saturated carbocycles. The molecule has 0 aliphatic carbocycles. The lowest BCUT2D eigenvalue weighted by Gasteiger charge is -2.13. The Morgan fingerprint density at radius 2 is 2.06 bits per heavy atom. The van der Waals surface area contributed by atoms with Crippen LogP contribution in [0.4, 0.5) is 18.9 Å². The number of anilines is 1. The maximum absolute atomic E-state index is 12.4. The molecule has 0 unspecified atom stereocenters. The summed E-state index contributed by atoms with van der Waals surface area (Å²) in [6.07, 6.45) is -5.00. The molecule has 2 N–H and O–H groups in total. The van der Waals surface area contributed by atoms with Crippen LogP contribution in [-0.4, -0.2) is 18.8 Å². The number of hydrogen-bond acceptors (Lipinski definition) is 3. The standard InChI is InChI=1S/C12H14F3NO2/c1-2-6-18-11(17)10-8(7-12(13,14)15)4-3-5-9(10)16/h3-5H,2,6-7,16H2,1H3. The summed E-state index contributed by atoms with van der Waals surface area (Å²) in [6.45, 7) is 1.94. The van der Waals surface area contributed by atoms with Gasteiger partial charge in [-0.3, -0.25) is 0 Å². The number of carbonyl (C=O) groups is 1. The first-order chi connectivity index (χ1) is 8.35. The van der Waals surface area contributed by atoms with E-state index in [9.17, 15) is 18.0 Å². The highest BCUT2D eigenvalue weighted by Gasteiger charge is 2.30. The lowest BCUT2D eigenvalue weighted by atomic mass is 10.0. The van der Waals surface area contributed by atoms with Gasteiger partial charge in [0, 0.05) is 5.69 Å². The molecule has 0 fully saturated rings. The number of esters is 1. The highest BCUT2D eigenvalue weighted by atomic mass is 19.4. The first-order valence-corrected chi connectivity index (χ1v) is 5.46. The second-order valence-corrected chi connectivity index (χ2v) is 3.81. The van der Waals surface area contributed by atoms with Gasteiger partial charge in [0.15, 0.2) is 0 Å². The van der Waals surface area contributed by atoms with E-state index < -0.39 is 18.6 Å². The van der Waals surface area contributed by atoms with Crippen molar-refractivity contribution in [2.45, 2.75) is 25.9 Å². The molecule has 0 spiro atoms. The summed E-state index contributed by atoms with van der Waals surface area (Å²) in [6, 6.07) is 3.99. The zero-order valence-corrected chi connectivity index (χ0v) is 9.88. The molecule has 0 heterocycles. The van der Waals surface area contributed by atoms with Crippen molar-refractivity contribution in [3.05, 3.63) is 29.3 Å². The van der Waals surface area contributed by atoms with Gasteiger partial charge in [-0.2, -0.15) is 13.2 Å². The van der Waals surface area contributed by atoms with E-state index in [-0.39, 0.29) is 23.4 Å². The molecular formula is C12H14F3NO2. The second-order valence-electron chi connectivity index (χ2n) is 3.81. The molecule has 1 aromatic carbocycles. The summed E-state index contributed by atoms with van der Waals surface area (Å²) in [5.41, 5.74) is 5.19. The number of rotatable bonds is 4. The first-order valence-electron chi connectivity index (χ1n) is 5.46. The molecule has 100 valence electrons. The van der Waals surface area contributed by atoms with Gasteiger partial charge in [-0.05, 0) is 18.1 Å². The molecule has 6 heteroatoms. The minimum Gasteiger partial charge on any atom is -0.462 e. The van der Waals surface area contributed by atoms with Crippen LogP contribution >= 0.6 is 0 Å². The van der Waals surface area contributed by atoms with Crippen LogP contribution in [0.15, 0.2) is 18.2 Å². The number of carbonyl (C=O) groups excluding carboxylic acids is 1. The van der Waals surface area contributed by atoms with E-state index in [1.807, 2.05) is 0 Å². The maximum Gasteiger partial charge on any atom is 0.393 e. The number of nitrogens with two attached hydrogens (primary N) is 1. The molecular weight excluding hydrogens is 247 g/mol. The molecule has 1 aromatic rings. The SMILES string of the molecule is CCCOC(=O)c1c(N)cccc1CC(F)(F)F. The summed E-state index contributed by atoms with van der Waals surface area (Å²) in [5.74, 6) is -0.811. The van der Waals surface area contributed by atoms with Crippen molar-refractivity contribution in [2.24, 2.45) is 0 Å². The Morgan fingerprint density at radius 3 is 2.61 bits per heavy atom. The third-order valence-corrected chi connectivity index (χ3v) is 2.22. The zero-order chi connectivity index (χ0) is 13.8. The fraction of sp³-hybridized carbons (Fsp3) is 0.417. The number of ether oxygens (including phenoxy) is 1. The van der Waals surface area contributed by atoms with Crippen LogP contribution in [0, 0.1) is 0 Å². The highest BCUT2D eigenvalue weighted by Crippen LogP contribution is 2.26. The number of halogens is 3. The van der Waals surface area contributed by atoms with Gasteiger partial charge in [-0.1, -0.05) is 19.1 Å². The van der Waals surface area contributed by atoms with E-state index in [4.69, 9.17) is 10.5 Å². The predicted molar refractivity (Wildman–Crippen MR) is 61.2 cm³/mol. The minimum atomic E-state index is -4.40. The number of benzene rings is 1. The Kier molecular flexibility index (Phi) is 4.58. The third-order valence-electron chi connectivity index (χ3n) is 2.22. The smallest absolute Gasteiger partial charge is 0.393 e. The lowest BCUT2D eigenvalue weighted by molar-refractivity contribution is -0.127. The average molecular weight is 261 g/mol. The summed E-state index contributed by atoms with van der Waals surface area (Å²) >= 11 is 0. The topological polar surface area (TPSA) is 52.3 Å². The summed E-state index contributed by atoms with van der Waals surface area (Å²) in [5, 5.41) is 0. The quantitative estimate of drug-likeness (QED) is 0.669. The molecule has 18 heavy (non-hydrogen) atoms. The fourth-order valence-electron chi connectivity index (χ4n) is 1.50. The molecule has 0 atom stereocenters. The highest BCUT2D eigenvalue weighted by molar-refractivity contribution is 5.96. The Hall–Kier alpha value is -1.72. The average Bonchev–Trinajstić information content (AvgIpc) is 2.24. The van der Waals surface area contributed by atoms with Crippen molar-refractivity contribution < 1.29 is 22.7 Å². The van der Waals surface area contributed by atoms with Gasteiger partial charge < -0.3 is 10.5 Å². The Morgan fingerprint density at radius 1 is 1.39 bits per heavy atom. The molecule has 0 aliphatic heterocycles. The normalized spacial score (nSPS) is 11.3. The molecule has 1 rings (SSSR count). The predicted octanol–water partition coefficient (Wildman–Crippen LogP) is 2.94. The van der Waals surface area contributed by atoms with Crippen molar-refractivity contribution in [3.8, 4) is 0 Å². The van der Waals surface area contributed by atoms with Gasteiger partial charge in [-0.15, -0.1) is 0 Å². The van der Waals surface area contributed by atoms with Gasteiger partial charge >= 0.3 is 12.1 Å². The number of nitrogen functional groups attached to an aromatic ring is 1. The fourth-order valence-corrected chi connectivity index (χ4v) is 1.50. The lowest BCUT2D eigenvalue weighted by Crippen LogP contribution is -2.17. The van der Waals surface area contributed by atoms with Crippen molar-refractivity contribution in [1.29, 1.82) is 0 Å². The van der Waals surface area contributed by atoms with E-state index in [2.05, 4.69) is 0 Å². The number of alkyl halides is 3.